The molecule has 0 heterocycles. The summed E-state index contributed by atoms with van der Waals surface area (Å²) in [7, 11) is 0. The van der Waals surface area contributed by atoms with Gasteiger partial charge in [-0.05, 0) is 25.7 Å². The molecule has 4 rings (SSSR count). The summed E-state index contributed by atoms with van der Waals surface area (Å²) in [5.41, 5.74) is 0. The first kappa shape index (κ1) is 24.4. The van der Waals surface area contributed by atoms with Gasteiger partial charge in [-0.1, -0.05) is 51.4 Å². The van der Waals surface area contributed by atoms with Crippen molar-refractivity contribution in [2.24, 2.45) is 0 Å². The molecule has 2 N–H and O–H groups in total. The molecule has 4 aliphatic carbocycles. The summed E-state index contributed by atoms with van der Waals surface area (Å²) in [6, 6.07) is 0. The van der Waals surface area contributed by atoms with E-state index in [4.69, 9.17) is 13.5 Å². The molecule has 24 heavy (non-hydrogen) atoms. The summed E-state index contributed by atoms with van der Waals surface area (Å²) in [6.07, 6.45) is 25.2. The number of hydrogen-bond donors (Lipinski definition) is 2. The van der Waals surface area contributed by atoms with Crippen LogP contribution < -0.4 is 0 Å². The fourth-order valence-corrected chi connectivity index (χ4v) is 3.25. The molecule has 0 saturated heterocycles. The quantitative estimate of drug-likeness (QED) is 0.450. The molecule has 4 aliphatic rings. The molecule has 140 valence electrons. The second-order valence-electron chi connectivity index (χ2n) is 7.02. The summed E-state index contributed by atoms with van der Waals surface area (Å²) < 4.78 is 8.25. The molecule has 0 aromatic rings. The van der Waals surface area contributed by atoms with Gasteiger partial charge in [-0.2, -0.15) is 25.7 Å². The molecule has 4 saturated carbocycles. The van der Waals surface area contributed by atoms with Crippen LogP contribution in [0.4, 0.5) is 0 Å². The fraction of sp³-hybridized carbons (Fsp3) is 0.900. The predicted molar refractivity (Wildman–Crippen MR) is 95.2 cm³/mol. The molecule has 0 unspecified atom stereocenters. The second kappa shape index (κ2) is 19.8. The van der Waals surface area contributed by atoms with Crippen molar-refractivity contribution in [1.29, 1.82) is 0 Å². The predicted octanol–water partition coefficient (Wildman–Crippen LogP) is 5.25. The Morgan fingerprint density at radius 3 is 0.875 bits per heavy atom. The van der Waals surface area contributed by atoms with Crippen molar-refractivity contribution in [3.8, 4) is 0 Å². The third-order valence-corrected chi connectivity index (χ3v) is 4.78. The van der Waals surface area contributed by atoms with Crippen molar-refractivity contribution in [1.82, 2.24) is 0 Å². The standard InChI is InChI=1S/2C5H10O.2C5H9.O.Ti/c2*6-5-3-1-2-4-5;2*1-2-4-5-3-1;;/h2*5-6H,1-4H2;2*1H,2-5H2;;/q;;2*-1;;+2. The average Bonchev–Trinajstić information content (AvgIpc) is 3.39. The van der Waals surface area contributed by atoms with Crippen molar-refractivity contribution in [2.75, 3.05) is 0 Å². The maximum atomic E-state index is 8.73. The monoisotopic (exact) mass is 374 g/mol. The molecule has 0 atom stereocenters. The van der Waals surface area contributed by atoms with E-state index in [9.17, 15) is 0 Å². The molecular formula is C20H38O3Ti. The van der Waals surface area contributed by atoms with Gasteiger partial charge in [-0.3, -0.25) is 0 Å². The van der Waals surface area contributed by atoms with Gasteiger partial charge < -0.3 is 23.1 Å². The Labute approximate surface area is 161 Å². The Kier molecular flexibility index (Phi) is 20.1. The summed E-state index contributed by atoms with van der Waals surface area (Å²) in [4.78, 5) is 0. The van der Waals surface area contributed by atoms with Crippen LogP contribution in [0.15, 0.2) is 0 Å². The molecule has 0 spiro atoms. The number of hydrogen-bond acceptors (Lipinski definition) is 3. The van der Waals surface area contributed by atoms with Gasteiger partial charge in [-0.25, -0.2) is 0 Å². The third-order valence-electron chi connectivity index (χ3n) is 4.78. The minimum absolute atomic E-state index is 0.0463. The zero-order valence-electron chi connectivity index (χ0n) is 15.4. The van der Waals surface area contributed by atoms with Crippen LogP contribution in [0.2, 0.25) is 0 Å². The Balaban J connectivity index is 0.000000285. The molecule has 0 amide bonds. The van der Waals surface area contributed by atoms with Crippen LogP contribution in [0.5, 0.6) is 0 Å². The van der Waals surface area contributed by atoms with Crippen LogP contribution in [-0.4, -0.2) is 22.4 Å². The van der Waals surface area contributed by atoms with Crippen molar-refractivity contribution < 1.29 is 33.9 Å². The van der Waals surface area contributed by atoms with Crippen LogP contribution in [0.1, 0.15) is 103 Å². The van der Waals surface area contributed by atoms with E-state index < -0.39 is 0 Å². The van der Waals surface area contributed by atoms with Crippen LogP contribution >= 0.6 is 0 Å². The average molecular weight is 374 g/mol. The molecule has 4 fully saturated rings. The van der Waals surface area contributed by atoms with Crippen LogP contribution in [0, 0.1) is 12.8 Å². The zero-order valence-corrected chi connectivity index (χ0v) is 17.0. The van der Waals surface area contributed by atoms with Gasteiger partial charge in [0.25, 0.3) is 0 Å². The van der Waals surface area contributed by atoms with Crippen molar-refractivity contribution in [3.05, 3.63) is 12.8 Å². The number of aliphatic hydroxyl groups is 2. The van der Waals surface area contributed by atoms with Crippen LogP contribution in [0.3, 0.4) is 0 Å². The van der Waals surface area contributed by atoms with E-state index in [0.717, 1.165) is 46.1 Å². The molecule has 4 heteroatoms. The first-order chi connectivity index (χ1) is 11.8. The minimum atomic E-state index is 0.0463. The molecule has 0 radical (unpaired) electrons. The summed E-state index contributed by atoms with van der Waals surface area (Å²) in [6.45, 7) is 0. The molecule has 3 nitrogen and oxygen atoms in total. The molecule has 0 aromatic heterocycles. The third kappa shape index (κ3) is 17.3. The summed E-state index contributed by atoms with van der Waals surface area (Å²) in [5.74, 6) is 0. The van der Waals surface area contributed by atoms with Crippen LogP contribution in [0.25, 0.3) is 0 Å². The van der Waals surface area contributed by atoms with E-state index in [1.54, 1.807) is 0 Å². The van der Waals surface area contributed by atoms with Crippen molar-refractivity contribution in [3.63, 3.8) is 0 Å². The Hall–Kier alpha value is 0.434. The molecule has 0 bridgehead atoms. The SMILES string of the molecule is OC1CCCC1.OC1CCCC1.[CH-]1CCCC1.[CH-]1CCCC1.[O]=[Ti+2]. The molecule has 0 aliphatic heterocycles. The topological polar surface area (TPSA) is 57.5 Å². The number of rotatable bonds is 0. The van der Waals surface area contributed by atoms with Gasteiger partial charge in [0.05, 0.1) is 12.2 Å². The second-order valence-corrected chi connectivity index (χ2v) is 7.02. The van der Waals surface area contributed by atoms with Crippen molar-refractivity contribution in [2.45, 2.75) is 115 Å². The van der Waals surface area contributed by atoms with Gasteiger partial charge in [0.1, 0.15) is 0 Å². The van der Waals surface area contributed by atoms with Gasteiger partial charge in [0.15, 0.2) is 0 Å². The van der Waals surface area contributed by atoms with E-state index in [1.165, 1.54) is 77.0 Å². The van der Waals surface area contributed by atoms with Gasteiger partial charge in [0.2, 0.25) is 0 Å². The van der Waals surface area contributed by atoms with Crippen LogP contribution in [-0.2, 0) is 23.7 Å². The van der Waals surface area contributed by atoms with E-state index in [0.29, 0.717) is 0 Å². The Morgan fingerprint density at radius 2 is 0.792 bits per heavy atom. The van der Waals surface area contributed by atoms with E-state index >= 15 is 0 Å². The van der Waals surface area contributed by atoms with E-state index in [2.05, 4.69) is 12.8 Å². The molecule has 0 aromatic carbocycles. The first-order valence-electron chi connectivity index (χ1n) is 9.99. The number of aliphatic hydroxyl groups excluding tert-OH is 2. The molecular weight excluding hydrogens is 336 g/mol. The Bertz CT molecular complexity index is 192. The zero-order chi connectivity index (χ0) is 17.9. The van der Waals surface area contributed by atoms with E-state index in [-0.39, 0.29) is 12.2 Å². The van der Waals surface area contributed by atoms with Gasteiger partial charge in [0, 0.05) is 0 Å². The first-order valence-corrected chi connectivity index (χ1v) is 10.6. The fourth-order valence-electron chi connectivity index (χ4n) is 3.25. The van der Waals surface area contributed by atoms with Gasteiger partial charge >= 0.3 is 23.7 Å². The summed E-state index contributed by atoms with van der Waals surface area (Å²) in [5, 5.41) is 17.5. The van der Waals surface area contributed by atoms with Crippen molar-refractivity contribution >= 4 is 0 Å². The van der Waals surface area contributed by atoms with E-state index in [1.807, 2.05) is 0 Å². The maximum absolute atomic E-state index is 8.73. The summed E-state index contributed by atoms with van der Waals surface area (Å²) >= 11 is 0.750. The van der Waals surface area contributed by atoms with Gasteiger partial charge in [-0.15, -0.1) is 0 Å². The Morgan fingerprint density at radius 1 is 0.542 bits per heavy atom. The normalized spacial score (nSPS) is 23.0.